The van der Waals surface area contributed by atoms with E-state index in [1.807, 2.05) is 0 Å². The molecule has 98 valence electrons. The van der Waals surface area contributed by atoms with Crippen LogP contribution in [0, 0.1) is 0 Å². The lowest BCUT2D eigenvalue weighted by atomic mass is 10.2. The molecule has 0 unspecified atom stereocenters. The molecular weight excluding hydrogens is 272 g/mol. The Balaban J connectivity index is 2.83. The van der Waals surface area contributed by atoms with E-state index in [1.165, 1.54) is 0 Å². The van der Waals surface area contributed by atoms with Gasteiger partial charge in [-0.2, -0.15) is 0 Å². The van der Waals surface area contributed by atoms with Crippen molar-refractivity contribution in [3.05, 3.63) is 28.8 Å². The van der Waals surface area contributed by atoms with Gasteiger partial charge in [0.15, 0.2) is 0 Å². The molecule has 0 atom stereocenters. The lowest BCUT2D eigenvalue weighted by molar-refractivity contribution is -0.141. The summed E-state index contributed by atoms with van der Waals surface area (Å²) in [5, 5.41) is 0.493. The second-order valence-electron chi connectivity index (χ2n) is 3.69. The minimum atomic E-state index is -0.297. The van der Waals surface area contributed by atoms with Crippen LogP contribution in [0.15, 0.2) is 18.2 Å². The van der Waals surface area contributed by atoms with Crippen LogP contribution in [0.25, 0.3) is 0 Å². The zero-order chi connectivity index (χ0) is 13.7. The number of likely N-dealkylation sites (N-methyl/N-ethyl adjacent to an activating group) is 1. The molecular formula is C12H15ClN2O2S. The van der Waals surface area contributed by atoms with E-state index in [0.29, 0.717) is 17.2 Å². The Labute approximate surface area is 117 Å². The van der Waals surface area contributed by atoms with Crippen LogP contribution in [0.1, 0.15) is 12.5 Å². The van der Waals surface area contributed by atoms with Crippen LogP contribution in [0.3, 0.4) is 0 Å². The Morgan fingerprint density at radius 2 is 2.22 bits per heavy atom. The number of carbonyl (C=O) groups is 1. The average Bonchev–Trinajstić information content (AvgIpc) is 2.28. The normalized spacial score (nSPS) is 9.94. The van der Waals surface area contributed by atoms with Crippen molar-refractivity contribution in [2.24, 2.45) is 5.73 Å². The van der Waals surface area contributed by atoms with Crippen molar-refractivity contribution in [1.29, 1.82) is 0 Å². The van der Waals surface area contributed by atoms with Gasteiger partial charge < -0.3 is 15.4 Å². The number of nitrogens with two attached hydrogens (primary N) is 1. The highest BCUT2D eigenvalue weighted by atomic mass is 35.5. The van der Waals surface area contributed by atoms with E-state index in [9.17, 15) is 4.79 Å². The second-order valence-corrected chi connectivity index (χ2v) is 4.54. The summed E-state index contributed by atoms with van der Waals surface area (Å²) in [6.07, 6.45) is 0. The molecule has 4 nitrogen and oxygen atoms in total. The standard InChI is InChI=1S/C12H15ClN2O2S/c1-3-17-11(16)7-15(2)10-5-4-8(12(14)18)6-9(10)13/h4-6H,3,7H2,1-2H3,(H2,14,18). The van der Waals surface area contributed by atoms with Crippen molar-refractivity contribution in [3.8, 4) is 0 Å². The number of hydrogen-bond acceptors (Lipinski definition) is 4. The highest BCUT2D eigenvalue weighted by molar-refractivity contribution is 7.80. The molecule has 0 amide bonds. The third-order valence-corrected chi connectivity index (χ3v) is 2.85. The predicted molar refractivity (Wildman–Crippen MR) is 77.2 cm³/mol. The van der Waals surface area contributed by atoms with Gasteiger partial charge in [-0.05, 0) is 25.1 Å². The van der Waals surface area contributed by atoms with Gasteiger partial charge in [0, 0.05) is 12.6 Å². The van der Waals surface area contributed by atoms with Gasteiger partial charge >= 0.3 is 5.97 Å². The number of hydrogen-bond donors (Lipinski definition) is 1. The van der Waals surface area contributed by atoms with Gasteiger partial charge in [-0.3, -0.25) is 4.79 Å². The van der Waals surface area contributed by atoms with Crippen molar-refractivity contribution >= 4 is 40.5 Å². The number of nitrogens with zero attached hydrogens (tertiary/aromatic N) is 1. The minimum Gasteiger partial charge on any atom is -0.465 e. The van der Waals surface area contributed by atoms with Gasteiger partial charge in [-0.1, -0.05) is 23.8 Å². The molecule has 1 aromatic rings. The molecule has 1 aromatic carbocycles. The van der Waals surface area contributed by atoms with Crippen LogP contribution in [0.2, 0.25) is 5.02 Å². The summed E-state index contributed by atoms with van der Waals surface area (Å²) in [5.74, 6) is -0.297. The van der Waals surface area contributed by atoms with Gasteiger partial charge in [0.1, 0.15) is 11.5 Å². The van der Waals surface area contributed by atoms with Crippen molar-refractivity contribution in [1.82, 2.24) is 0 Å². The lowest BCUT2D eigenvalue weighted by Crippen LogP contribution is -2.27. The van der Waals surface area contributed by atoms with Crippen molar-refractivity contribution < 1.29 is 9.53 Å². The Bertz CT molecular complexity index is 465. The molecule has 0 bridgehead atoms. The number of thiocarbonyl (C=S) groups is 1. The molecule has 0 heterocycles. The molecule has 0 saturated carbocycles. The van der Waals surface area contributed by atoms with E-state index in [1.54, 1.807) is 37.1 Å². The number of ether oxygens (including phenoxy) is 1. The van der Waals surface area contributed by atoms with Gasteiger partial charge in [-0.25, -0.2) is 0 Å². The summed E-state index contributed by atoms with van der Waals surface area (Å²) >= 11 is 11.0. The van der Waals surface area contributed by atoms with E-state index in [2.05, 4.69) is 0 Å². The molecule has 0 spiro atoms. The topological polar surface area (TPSA) is 55.6 Å². The maximum Gasteiger partial charge on any atom is 0.325 e. The summed E-state index contributed by atoms with van der Waals surface area (Å²) in [7, 11) is 1.76. The van der Waals surface area contributed by atoms with Gasteiger partial charge in [0.2, 0.25) is 0 Å². The molecule has 2 N–H and O–H groups in total. The summed E-state index contributed by atoms with van der Waals surface area (Å²) in [6, 6.07) is 5.22. The van der Waals surface area contributed by atoms with Crippen molar-refractivity contribution in [2.45, 2.75) is 6.92 Å². The number of rotatable bonds is 5. The van der Waals surface area contributed by atoms with Gasteiger partial charge in [0.25, 0.3) is 0 Å². The first-order valence-corrected chi connectivity index (χ1v) is 6.20. The van der Waals surface area contributed by atoms with Gasteiger partial charge in [0.05, 0.1) is 17.3 Å². The highest BCUT2D eigenvalue weighted by Gasteiger charge is 2.12. The third-order valence-electron chi connectivity index (χ3n) is 2.32. The van der Waals surface area contributed by atoms with E-state index in [4.69, 9.17) is 34.3 Å². The zero-order valence-corrected chi connectivity index (χ0v) is 11.8. The Kier molecular flexibility index (Phi) is 5.37. The fourth-order valence-electron chi connectivity index (χ4n) is 1.46. The number of halogens is 1. The number of esters is 1. The van der Waals surface area contributed by atoms with Crippen molar-refractivity contribution in [2.75, 3.05) is 25.1 Å². The molecule has 0 fully saturated rings. The van der Waals surface area contributed by atoms with Crippen LogP contribution in [0.4, 0.5) is 5.69 Å². The minimum absolute atomic E-state index is 0.139. The molecule has 0 aliphatic heterocycles. The average molecular weight is 287 g/mol. The monoisotopic (exact) mass is 286 g/mol. The third kappa shape index (κ3) is 3.85. The van der Waals surface area contributed by atoms with Crippen LogP contribution in [-0.4, -0.2) is 31.2 Å². The van der Waals surface area contributed by atoms with Crippen molar-refractivity contribution in [3.63, 3.8) is 0 Å². The molecule has 0 aromatic heterocycles. The number of anilines is 1. The smallest absolute Gasteiger partial charge is 0.325 e. The molecule has 0 aliphatic rings. The fourth-order valence-corrected chi connectivity index (χ4v) is 1.91. The molecule has 1 rings (SSSR count). The number of carbonyl (C=O) groups excluding carboxylic acids is 1. The first kappa shape index (κ1) is 14.7. The Morgan fingerprint density at radius 1 is 1.56 bits per heavy atom. The van der Waals surface area contributed by atoms with Crippen LogP contribution >= 0.6 is 23.8 Å². The summed E-state index contributed by atoms with van der Waals surface area (Å²) in [4.78, 5) is 13.4. The van der Waals surface area contributed by atoms with E-state index in [-0.39, 0.29) is 17.5 Å². The quantitative estimate of drug-likeness (QED) is 0.662. The highest BCUT2D eigenvalue weighted by Crippen LogP contribution is 2.26. The molecule has 0 saturated heterocycles. The van der Waals surface area contributed by atoms with E-state index in [0.717, 1.165) is 5.69 Å². The Morgan fingerprint density at radius 3 is 2.72 bits per heavy atom. The summed E-state index contributed by atoms with van der Waals surface area (Å²) in [5.41, 5.74) is 6.94. The maximum atomic E-state index is 11.4. The summed E-state index contributed by atoms with van der Waals surface area (Å²) < 4.78 is 4.87. The molecule has 0 radical (unpaired) electrons. The van der Waals surface area contributed by atoms with Crippen LogP contribution in [0.5, 0.6) is 0 Å². The lowest BCUT2D eigenvalue weighted by Gasteiger charge is -2.19. The second kappa shape index (κ2) is 6.56. The SMILES string of the molecule is CCOC(=O)CN(C)c1ccc(C(N)=S)cc1Cl. The zero-order valence-electron chi connectivity index (χ0n) is 10.3. The van der Waals surface area contributed by atoms with E-state index >= 15 is 0 Å². The largest absolute Gasteiger partial charge is 0.465 e. The van der Waals surface area contributed by atoms with Gasteiger partial charge in [-0.15, -0.1) is 0 Å². The first-order chi connectivity index (χ1) is 8.45. The molecule has 0 aliphatic carbocycles. The molecule has 18 heavy (non-hydrogen) atoms. The predicted octanol–water partition coefficient (Wildman–Crippen LogP) is 1.97. The summed E-state index contributed by atoms with van der Waals surface area (Å²) in [6.45, 7) is 2.27. The van der Waals surface area contributed by atoms with Crippen LogP contribution < -0.4 is 10.6 Å². The fraction of sp³-hybridized carbons (Fsp3) is 0.333. The maximum absolute atomic E-state index is 11.4. The molecule has 6 heteroatoms. The Hall–Kier alpha value is -1.33. The van der Waals surface area contributed by atoms with Crippen LogP contribution in [-0.2, 0) is 9.53 Å². The number of benzene rings is 1. The van der Waals surface area contributed by atoms with E-state index < -0.39 is 0 Å². The first-order valence-electron chi connectivity index (χ1n) is 5.41.